The fourth-order valence-electron chi connectivity index (χ4n) is 1.63. The Morgan fingerprint density at radius 2 is 2.20 bits per heavy atom. The third kappa shape index (κ3) is 1.44. The van der Waals surface area contributed by atoms with Crippen molar-refractivity contribution in [3.05, 3.63) is 33.4 Å². The average molecular weight is 289 g/mol. The second-order valence-corrected chi connectivity index (χ2v) is 4.36. The molecule has 0 aliphatic rings. The van der Waals surface area contributed by atoms with Gasteiger partial charge in [0.2, 0.25) is 0 Å². The Morgan fingerprint density at radius 1 is 1.53 bits per heavy atom. The molecule has 2 aromatic rings. The van der Waals surface area contributed by atoms with E-state index in [1.165, 1.54) is 0 Å². The van der Waals surface area contributed by atoms with Crippen LogP contribution in [0.15, 0.2) is 22.7 Å². The van der Waals surface area contributed by atoms with Crippen molar-refractivity contribution in [2.75, 3.05) is 0 Å². The quantitative estimate of drug-likeness (QED) is 0.875. The van der Waals surface area contributed by atoms with Gasteiger partial charge in [0.05, 0.1) is 15.0 Å². The molecule has 2 rings (SSSR count). The van der Waals surface area contributed by atoms with Crippen molar-refractivity contribution < 1.29 is 9.90 Å². The summed E-state index contributed by atoms with van der Waals surface area (Å²) in [6, 6.07) is 5.36. The summed E-state index contributed by atoms with van der Waals surface area (Å²) in [5.74, 6) is -0.975. The first-order valence-corrected chi connectivity index (χ1v) is 5.37. The van der Waals surface area contributed by atoms with Crippen LogP contribution in [-0.4, -0.2) is 15.6 Å². The molecule has 78 valence electrons. The van der Waals surface area contributed by atoms with Crippen LogP contribution in [0, 0.1) is 0 Å². The highest BCUT2D eigenvalue weighted by Crippen LogP contribution is 2.35. The van der Waals surface area contributed by atoms with Crippen LogP contribution in [0.5, 0.6) is 0 Å². The number of nitrogens with zero attached hydrogens (tertiary/aromatic N) is 1. The molecule has 0 aliphatic carbocycles. The minimum absolute atomic E-state index is 0.207. The maximum Gasteiger partial charge on any atom is 0.353 e. The molecule has 3 nitrogen and oxygen atoms in total. The highest BCUT2D eigenvalue weighted by atomic mass is 79.9. The predicted molar refractivity (Wildman–Crippen MR) is 62.6 cm³/mol. The van der Waals surface area contributed by atoms with Gasteiger partial charge in [0.1, 0.15) is 5.69 Å². The van der Waals surface area contributed by atoms with E-state index in [2.05, 4.69) is 15.9 Å². The fraction of sp³-hybridized carbons (Fsp3) is 0.100. The Bertz CT molecular complexity index is 562. The number of fused-ring (bicyclic) bond motifs is 1. The van der Waals surface area contributed by atoms with E-state index in [1.807, 2.05) is 6.07 Å². The van der Waals surface area contributed by atoms with Crippen LogP contribution in [0.2, 0.25) is 5.02 Å². The number of carboxylic acid groups (broad SMARTS) is 1. The van der Waals surface area contributed by atoms with E-state index in [1.54, 1.807) is 23.7 Å². The van der Waals surface area contributed by atoms with E-state index in [-0.39, 0.29) is 5.69 Å². The van der Waals surface area contributed by atoms with Gasteiger partial charge in [-0.1, -0.05) is 17.7 Å². The third-order valence-electron chi connectivity index (χ3n) is 2.32. The molecule has 1 aromatic heterocycles. The number of hydrogen-bond acceptors (Lipinski definition) is 1. The van der Waals surface area contributed by atoms with Crippen molar-refractivity contribution in [2.24, 2.45) is 7.05 Å². The SMILES string of the molecule is Cn1c(C(=O)O)c(Br)c2c(Cl)cccc21. The van der Waals surface area contributed by atoms with Gasteiger partial charge < -0.3 is 9.67 Å². The van der Waals surface area contributed by atoms with Crippen LogP contribution in [0.25, 0.3) is 10.9 Å². The molecule has 0 radical (unpaired) electrons. The van der Waals surface area contributed by atoms with Crippen LogP contribution in [0.4, 0.5) is 0 Å². The van der Waals surface area contributed by atoms with Crippen molar-refractivity contribution in [2.45, 2.75) is 0 Å². The Hall–Kier alpha value is -1.00. The number of halogens is 2. The molecule has 15 heavy (non-hydrogen) atoms. The standard InChI is InChI=1S/C10H7BrClNO2/c1-13-6-4-2-3-5(12)7(6)8(11)9(13)10(14)15/h2-4H,1H3,(H,14,15). The molecule has 0 bridgehead atoms. The van der Waals surface area contributed by atoms with Crippen LogP contribution in [0.1, 0.15) is 10.5 Å². The van der Waals surface area contributed by atoms with Crippen molar-refractivity contribution in [1.29, 1.82) is 0 Å². The minimum Gasteiger partial charge on any atom is -0.477 e. The van der Waals surface area contributed by atoms with E-state index in [0.717, 1.165) is 10.9 Å². The number of carboxylic acids is 1. The molecule has 5 heteroatoms. The van der Waals surface area contributed by atoms with Gasteiger partial charge in [0.25, 0.3) is 0 Å². The largest absolute Gasteiger partial charge is 0.477 e. The Labute approximate surface area is 99.4 Å². The number of aryl methyl sites for hydroxylation is 1. The Kier molecular flexibility index (Phi) is 2.48. The predicted octanol–water partition coefficient (Wildman–Crippen LogP) is 3.29. The zero-order chi connectivity index (χ0) is 11.2. The zero-order valence-electron chi connectivity index (χ0n) is 7.79. The number of aromatic nitrogens is 1. The molecule has 0 unspecified atom stereocenters. The Balaban J connectivity index is 2.98. The second kappa shape index (κ2) is 3.54. The summed E-state index contributed by atoms with van der Waals surface area (Å²) in [6.45, 7) is 0. The van der Waals surface area contributed by atoms with Crippen molar-refractivity contribution in [1.82, 2.24) is 4.57 Å². The summed E-state index contributed by atoms with van der Waals surface area (Å²) < 4.78 is 2.13. The lowest BCUT2D eigenvalue weighted by Gasteiger charge is -1.98. The molecule has 0 atom stereocenters. The van der Waals surface area contributed by atoms with Gasteiger partial charge in [-0.2, -0.15) is 0 Å². The fourth-order valence-corrected chi connectivity index (χ4v) is 2.86. The smallest absolute Gasteiger partial charge is 0.353 e. The van der Waals surface area contributed by atoms with Gasteiger partial charge in [-0.05, 0) is 28.1 Å². The van der Waals surface area contributed by atoms with E-state index in [9.17, 15) is 4.79 Å². The van der Waals surface area contributed by atoms with Crippen molar-refractivity contribution >= 4 is 44.4 Å². The summed E-state index contributed by atoms with van der Waals surface area (Å²) in [4.78, 5) is 11.0. The summed E-state index contributed by atoms with van der Waals surface area (Å²) in [6.07, 6.45) is 0. The number of benzene rings is 1. The summed E-state index contributed by atoms with van der Waals surface area (Å²) >= 11 is 9.28. The third-order valence-corrected chi connectivity index (χ3v) is 3.41. The molecule has 0 aliphatic heterocycles. The van der Waals surface area contributed by atoms with Crippen LogP contribution in [-0.2, 0) is 7.05 Å². The molecule has 0 saturated carbocycles. The number of rotatable bonds is 1. The number of aromatic carboxylic acids is 1. The lowest BCUT2D eigenvalue weighted by atomic mass is 10.2. The van der Waals surface area contributed by atoms with E-state index < -0.39 is 5.97 Å². The maximum absolute atomic E-state index is 11.0. The molecular weight excluding hydrogens is 281 g/mol. The van der Waals surface area contributed by atoms with Gasteiger partial charge in [-0.15, -0.1) is 0 Å². The van der Waals surface area contributed by atoms with Gasteiger partial charge >= 0.3 is 5.97 Å². The molecule has 0 fully saturated rings. The summed E-state index contributed by atoms with van der Waals surface area (Å²) in [5, 5.41) is 10.3. The number of carbonyl (C=O) groups is 1. The van der Waals surface area contributed by atoms with Gasteiger partial charge in [0, 0.05) is 12.4 Å². The van der Waals surface area contributed by atoms with Crippen LogP contribution in [0.3, 0.4) is 0 Å². The molecule has 1 N–H and O–H groups in total. The van der Waals surface area contributed by atoms with E-state index >= 15 is 0 Å². The van der Waals surface area contributed by atoms with Gasteiger partial charge in [-0.3, -0.25) is 0 Å². The topological polar surface area (TPSA) is 42.2 Å². The molecule has 1 heterocycles. The highest BCUT2D eigenvalue weighted by Gasteiger charge is 2.19. The van der Waals surface area contributed by atoms with E-state index in [4.69, 9.17) is 16.7 Å². The molecule has 1 aromatic carbocycles. The zero-order valence-corrected chi connectivity index (χ0v) is 10.1. The van der Waals surface area contributed by atoms with Gasteiger partial charge in [-0.25, -0.2) is 4.79 Å². The van der Waals surface area contributed by atoms with E-state index in [0.29, 0.717) is 9.50 Å². The van der Waals surface area contributed by atoms with Crippen LogP contribution >= 0.6 is 27.5 Å². The first-order valence-electron chi connectivity index (χ1n) is 4.19. The summed E-state index contributed by atoms with van der Waals surface area (Å²) in [7, 11) is 1.70. The average Bonchev–Trinajstić information content (AvgIpc) is 2.40. The van der Waals surface area contributed by atoms with Crippen LogP contribution < -0.4 is 0 Å². The number of hydrogen-bond donors (Lipinski definition) is 1. The van der Waals surface area contributed by atoms with Crippen molar-refractivity contribution in [3.63, 3.8) is 0 Å². The molecule has 0 saturated heterocycles. The second-order valence-electron chi connectivity index (χ2n) is 3.16. The molecular formula is C10H7BrClNO2. The highest BCUT2D eigenvalue weighted by molar-refractivity contribution is 9.10. The maximum atomic E-state index is 11.0. The van der Waals surface area contributed by atoms with Gasteiger partial charge in [0.15, 0.2) is 0 Å². The first-order chi connectivity index (χ1) is 7.04. The van der Waals surface area contributed by atoms with Crippen molar-refractivity contribution in [3.8, 4) is 0 Å². The molecule has 0 amide bonds. The first kappa shape index (κ1) is 10.5. The summed E-state index contributed by atoms with van der Waals surface area (Å²) in [5.41, 5.74) is 1.00. The molecule has 0 spiro atoms. The minimum atomic E-state index is -0.975. The monoisotopic (exact) mass is 287 g/mol. The lowest BCUT2D eigenvalue weighted by molar-refractivity contribution is 0.0686. The normalized spacial score (nSPS) is 10.9. The Morgan fingerprint density at radius 3 is 2.73 bits per heavy atom. The lowest BCUT2D eigenvalue weighted by Crippen LogP contribution is -2.04.